The Morgan fingerprint density at radius 2 is 2.07 bits per heavy atom. The molecular weight excluding hydrogens is 376 g/mol. The fourth-order valence-corrected chi connectivity index (χ4v) is 2.79. The zero-order chi connectivity index (χ0) is 19.6. The summed E-state index contributed by atoms with van der Waals surface area (Å²) in [4.78, 5) is 37.1. The molecule has 0 aromatic heterocycles. The second-order valence-electron chi connectivity index (χ2n) is 5.65. The number of carbonyl (C=O) groups is 3. The van der Waals surface area contributed by atoms with E-state index in [1.807, 2.05) is 0 Å². The molecule has 0 unspecified atom stereocenters. The molecule has 0 atom stereocenters. The lowest BCUT2D eigenvalue weighted by Crippen LogP contribution is -2.43. The third-order valence-electron chi connectivity index (χ3n) is 3.89. The molecular formula is C18H15ClN2O6. The summed E-state index contributed by atoms with van der Waals surface area (Å²) in [5.74, 6) is -1.37. The van der Waals surface area contributed by atoms with Crippen molar-refractivity contribution in [2.45, 2.75) is 0 Å². The molecule has 2 N–H and O–H groups in total. The quantitative estimate of drug-likeness (QED) is 0.812. The summed E-state index contributed by atoms with van der Waals surface area (Å²) in [5, 5.41) is 12.2. The minimum absolute atomic E-state index is 0.0195. The van der Waals surface area contributed by atoms with Crippen LogP contribution in [0.4, 0.5) is 11.4 Å². The fourth-order valence-electron chi connectivity index (χ4n) is 2.62. The maximum Gasteiger partial charge on any atom is 0.335 e. The molecule has 3 rings (SSSR count). The predicted octanol–water partition coefficient (Wildman–Crippen LogP) is 2.41. The summed E-state index contributed by atoms with van der Waals surface area (Å²) >= 11 is 5.94. The molecule has 2 amide bonds. The summed E-state index contributed by atoms with van der Waals surface area (Å²) in [6.07, 6.45) is 0. The first kappa shape index (κ1) is 18.5. The number of nitrogens with zero attached hydrogens (tertiary/aromatic N) is 1. The number of methoxy groups -OCH3 is 1. The van der Waals surface area contributed by atoms with Crippen molar-refractivity contribution in [1.82, 2.24) is 0 Å². The first-order valence-corrected chi connectivity index (χ1v) is 8.20. The van der Waals surface area contributed by atoms with E-state index in [1.165, 1.54) is 36.3 Å². The van der Waals surface area contributed by atoms with Crippen molar-refractivity contribution in [1.29, 1.82) is 0 Å². The van der Waals surface area contributed by atoms with E-state index in [2.05, 4.69) is 5.32 Å². The maximum atomic E-state index is 12.5. The number of nitrogens with one attached hydrogen (secondary N) is 1. The van der Waals surface area contributed by atoms with E-state index in [0.717, 1.165) is 0 Å². The molecule has 9 heteroatoms. The smallest absolute Gasteiger partial charge is 0.335 e. The first-order valence-electron chi connectivity index (χ1n) is 7.83. The average molecular weight is 391 g/mol. The minimum atomic E-state index is -1.15. The minimum Gasteiger partial charge on any atom is -0.495 e. The van der Waals surface area contributed by atoms with Gasteiger partial charge in [-0.2, -0.15) is 0 Å². The molecule has 0 bridgehead atoms. The van der Waals surface area contributed by atoms with Gasteiger partial charge in [-0.05, 0) is 36.4 Å². The van der Waals surface area contributed by atoms with E-state index in [9.17, 15) is 14.4 Å². The number of fused-ring (bicyclic) bond motifs is 1. The molecule has 0 saturated heterocycles. The molecule has 0 radical (unpaired) electrons. The molecule has 2 aromatic carbocycles. The van der Waals surface area contributed by atoms with Crippen LogP contribution in [0, 0.1) is 0 Å². The number of anilines is 2. The van der Waals surface area contributed by atoms with Gasteiger partial charge in [-0.15, -0.1) is 0 Å². The Morgan fingerprint density at radius 3 is 2.78 bits per heavy atom. The van der Waals surface area contributed by atoms with Crippen LogP contribution in [0.15, 0.2) is 36.4 Å². The molecule has 27 heavy (non-hydrogen) atoms. The van der Waals surface area contributed by atoms with Gasteiger partial charge in [0, 0.05) is 5.02 Å². The predicted molar refractivity (Wildman–Crippen MR) is 97.9 cm³/mol. The van der Waals surface area contributed by atoms with Gasteiger partial charge >= 0.3 is 5.97 Å². The summed E-state index contributed by atoms with van der Waals surface area (Å²) in [5.41, 5.74) is 0.559. The molecule has 140 valence electrons. The van der Waals surface area contributed by atoms with E-state index < -0.39 is 17.8 Å². The highest BCUT2D eigenvalue weighted by Gasteiger charge is 2.28. The number of halogens is 1. The van der Waals surface area contributed by atoms with E-state index in [4.69, 9.17) is 26.2 Å². The first-order chi connectivity index (χ1) is 12.9. The summed E-state index contributed by atoms with van der Waals surface area (Å²) in [7, 11) is 1.45. The Morgan fingerprint density at radius 1 is 1.30 bits per heavy atom. The highest BCUT2D eigenvalue weighted by Crippen LogP contribution is 2.33. The van der Waals surface area contributed by atoms with Gasteiger partial charge in [-0.1, -0.05) is 11.6 Å². The van der Waals surface area contributed by atoms with Gasteiger partial charge in [0.1, 0.15) is 18.0 Å². The number of carbonyl (C=O) groups excluding carboxylic acids is 2. The number of carboxylic acid groups (broad SMARTS) is 1. The van der Waals surface area contributed by atoms with Crippen molar-refractivity contribution in [2.24, 2.45) is 0 Å². The molecule has 8 nitrogen and oxygen atoms in total. The zero-order valence-electron chi connectivity index (χ0n) is 14.2. The molecule has 1 heterocycles. The van der Waals surface area contributed by atoms with E-state index in [1.54, 1.807) is 12.1 Å². The lowest BCUT2D eigenvalue weighted by molar-refractivity contribution is -0.123. The topological polar surface area (TPSA) is 105 Å². The number of ether oxygens (including phenoxy) is 2. The highest BCUT2D eigenvalue weighted by molar-refractivity contribution is 6.31. The molecule has 0 saturated carbocycles. The number of amides is 2. The van der Waals surface area contributed by atoms with Crippen LogP contribution in [0.2, 0.25) is 5.02 Å². The van der Waals surface area contributed by atoms with E-state index in [-0.39, 0.29) is 24.4 Å². The van der Waals surface area contributed by atoms with Crippen molar-refractivity contribution in [3.05, 3.63) is 47.0 Å². The Hall–Kier alpha value is -3.26. The van der Waals surface area contributed by atoms with Crippen LogP contribution in [-0.2, 0) is 9.59 Å². The second kappa shape index (κ2) is 7.55. The van der Waals surface area contributed by atoms with Crippen LogP contribution < -0.4 is 19.7 Å². The molecule has 2 aromatic rings. The number of hydrogen-bond acceptors (Lipinski definition) is 5. The Labute approximate surface area is 159 Å². The molecule has 1 aliphatic rings. The third kappa shape index (κ3) is 3.95. The van der Waals surface area contributed by atoms with Gasteiger partial charge < -0.3 is 19.9 Å². The van der Waals surface area contributed by atoms with Crippen LogP contribution in [0.5, 0.6) is 11.5 Å². The fraction of sp³-hybridized carbons (Fsp3) is 0.167. The number of rotatable bonds is 5. The standard InChI is InChI=1S/C18H15ClN2O6/c1-26-14-5-3-11(19)7-12(14)20-16(22)8-21-13-6-10(18(24)25)2-4-15(13)27-9-17(21)23/h2-7H,8-9H2,1H3,(H,20,22)(H,24,25). The summed E-state index contributed by atoms with van der Waals surface area (Å²) < 4.78 is 10.5. The molecule has 0 fully saturated rings. The summed E-state index contributed by atoms with van der Waals surface area (Å²) in [6, 6.07) is 8.86. The molecule has 0 spiro atoms. The van der Waals surface area contributed by atoms with Crippen LogP contribution in [0.1, 0.15) is 10.4 Å². The number of carboxylic acids is 1. The van der Waals surface area contributed by atoms with Gasteiger partial charge in [0.25, 0.3) is 5.91 Å². The maximum absolute atomic E-state index is 12.5. The molecule has 1 aliphatic heterocycles. The zero-order valence-corrected chi connectivity index (χ0v) is 14.9. The van der Waals surface area contributed by atoms with Crippen molar-refractivity contribution < 1.29 is 29.0 Å². The van der Waals surface area contributed by atoms with Gasteiger partial charge in [0.15, 0.2) is 6.61 Å². The van der Waals surface area contributed by atoms with Gasteiger partial charge in [-0.25, -0.2) is 4.79 Å². The van der Waals surface area contributed by atoms with Crippen LogP contribution in [0.3, 0.4) is 0 Å². The van der Waals surface area contributed by atoms with Crippen molar-refractivity contribution in [2.75, 3.05) is 30.5 Å². The van der Waals surface area contributed by atoms with E-state index >= 15 is 0 Å². The van der Waals surface area contributed by atoms with Gasteiger partial charge in [0.2, 0.25) is 5.91 Å². The molecule has 0 aliphatic carbocycles. The van der Waals surface area contributed by atoms with Crippen molar-refractivity contribution >= 4 is 40.8 Å². The van der Waals surface area contributed by atoms with Gasteiger partial charge in [0.05, 0.1) is 24.0 Å². The number of aromatic carboxylic acids is 1. The Kier molecular flexibility index (Phi) is 5.18. The Balaban J connectivity index is 1.84. The van der Waals surface area contributed by atoms with E-state index in [0.29, 0.717) is 22.2 Å². The van der Waals surface area contributed by atoms with Crippen molar-refractivity contribution in [3.63, 3.8) is 0 Å². The third-order valence-corrected chi connectivity index (χ3v) is 4.12. The monoisotopic (exact) mass is 390 g/mol. The number of benzene rings is 2. The van der Waals surface area contributed by atoms with Gasteiger partial charge in [-0.3, -0.25) is 14.5 Å². The largest absolute Gasteiger partial charge is 0.495 e. The second-order valence-corrected chi connectivity index (χ2v) is 6.09. The average Bonchev–Trinajstić information content (AvgIpc) is 2.64. The van der Waals surface area contributed by atoms with Crippen LogP contribution >= 0.6 is 11.6 Å². The van der Waals surface area contributed by atoms with Crippen molar-refractivity contribution in [3.8, 4) is 11.5 Å². The number of hydrogen-bond donors (Lipinski definition) is 2. The SMILES string of the molecule is COc1ccc(Cl)cc1NC(=O)CN1C(=O)COc2ccc(C(=O)O)cc21. The Bertz CT molecular complexity index is 930. The normalized spacial score (nSPS) is 12.8. The van der Waals surface area contributed by atoms with Crippen LogP contribution in [0.25, 0.3) is 0 Å². The lowest BCUT2D eigenvalue weighted by Gasteiger charge is -2.29. The van der Waals surface area contributed by atoms with Crippen LogP contribution in [-0.4, -0.2) is 43.2 Å². The lowest BCUT2D eigenvalue weighted by atomic mass is 10.1. The highest BCUT2D eigenvalue weighted by atomic mass is 35.5. The summed E-state index contributed by atoms with van der Waals surface area (Å²) in [6.45, 7) is -0.568.